The van der Waals surface area contributed by atoms with Crippen LogP contribution in [0.3, 0.4) is 0 Å². The molecule has 0 aliphatic carbocycles. The summed E-state index contributed by atoms with van der Waals surface area (Å²) >= 11 is 6.43. The largest absolute Gasteiger partial charge is 0.486 e. The summed E-state index contributed by atoms with van der Waals surface area (Å²) in [5, 5.41) is 24.0. The minimum absolute atomic E-state index is 0.127. The fourth-order valence-corrected chi connectivity index (χ4v) is 3.61. The lowest BCUT2D eigenvalue weighted by Gasteiger charge is -2.24. The molecule has 2 unspecified atom stereocenters. The van der Waals surface area contributed by atoms with Crippen LogP contribution in [-0.4, -0.2) is 59.5 Å². The van der Waals surface area contributed by atoms with Gasteiger partial charge in [0.2, 0.25) is 0 Å². The first-order valence-electron chi connectivity index (χ1n) is 8.91. The Balaban J connectivity index is 1.84. The number of benzene rings is 1. The third kappa shape index (κ3) is 4.72. The number of likely N-dealkylation sites (tertiary alicyclic amines) is 1. The average Bonchev–Trinajstić information content (AvgIpc) is 3.01. The predicted molar refractivity (Wildman–Crippen MR) is 98.8 cm³/mol. The van der Waals surface area contributed by atoms with Gasteiger partial charge in [-0.15, -0.1) is 0 Å². The number of rotatable bonds is 5. The molecule has 9 nitrogen and oxygen atoms in total. The van der Waals surface area contributed by atoms with Gasteiger partial charge in [0.15, 0.2) is 0 Å². The van der Waals surface area contributed by atoms with Crippen molar-refractivity contribution in [2.45, 2.75) is 37.8 Å². The molecule has 2 saturated heterocycles. The molecule has 2 aliphatic heterocycles. The van der Waals surface area contributed by atoms with Crippen molar-refractivity contribution < 1.29 is 24.3 Å². The number of halogens is 1. The van der Waals surface area contributed by atoms with Crippen LogP contribution >= 0.6 is 11.6 Å². The summed E-state index contributed by atoms with van der Waals surface area (Å²) in [6.45, 7) is 1.75. The molecule has 0 radical (unpaired) electrons. The van der Waals surface area contributed by atoms with E-state index in [0.29, 0.717) is 31.9 Å². The smallest absolute Gasteiger partial charge is 0.407 e. The standard InChI is InChI=1S/C17H22ClN3O6/c18-15-14(27-12-6-8-26-10-12)5-4-13(21(24)25)16(15)19-11-3-1-2-7-20(9-11)17(22)23/h4-5,11-12,19H,1-3,6-10H2,(H,22,23). The molecule has 10 heteroatoms. The van der Waals surface area contributed by atoms with E-state index >= 15 is 0 Å². The van der Waals surface area contributed by atoms with Gasteiger partial charge in [0.25, 0.3) is 5.69 Å². The number of hydrogen-bond donors (Lipinski definition) is 2. The Bertz CT molecular complexity index is 710. The number of anilines is 1. The van der Waals surface area contributed by atoms with Crippen molar-refractivity contribution in [2.75, 3.05) is 31.6 Å². The van der Waals surface area contributed by atoms with Gasteiger partial charge in [-0.2, -0.15) is 0 Å². The van der Waals surface area contributed by atoms with Crippen LogP contribution in [-0.2, 0) is 4.74 Å². The number of nitrogens with zero attached hydrogens (tertiary/aromatic N) is 2. The Hall–Kier alpha value is -2.26. The summed E-state index contributed by atoms with van der Waals surface area (Å²) in [5.41, 5.74) is -0.00327. The molecule has 2 aliphatic rings. The van der Waals surface area contributed by atoms with Crippen LogP contribution < -0.4 is 10.1 Å². The molecule has 2 fully saturated rings. The number of nitrogens with one attached hydrogen (secondary N) is 1. The van der Waals surface area contributed by atoms with Gasteiger partial charge in [0.1, 0.15) is 22.6 Å². The Morgan fingerprint density at radius 2 is 2.22 bits per heavy atom. The van der Waals surface area contributed by atoms with E-state index in [1.54, 1.807) is 0 Å². The Morgan fingerprint density at radius 1 is 1.41 bits per heavy atom. The minimum atomic E-state index is -0.998. The number of nitro groups is 1. The number of amides is 1. The third-order valence-corrected chi connectivity index (χ3v) is 5.13. The van der Waals surface area contributed by atoms with Crippen LogP contribution in [0.2, 0.25) is 5.02 Å². The summed E-state index contributed by atoms with van der Waals surface area (Å²) in [6.07, 6.45) is 1.86. The SMILES string of the molecule is O=C(O)N1CCCCC(Nc2c([N+](=O)[O-])ccc(OC3CCOC3)c2Cl)C1. The van der Waals surface area contributed by atoms with Crippen molar-refractivity contribution in [1.82, 2.24) is 4.90 Å². The highest BCUT2D eigenvalue weighted by Gasteiger charge is 2.28. The van der Waals surface area contributed by atoms with E-state index in [2.05, 4.69) is 5.32 Å². The lowest BCUT2D eigenvalue weighted by atomic mass is 10.1. The maximum absolute atomic E-state index is 11.5. The van der Waals surface area contributed by atoms with E-state index < -0.39 is 11.0 Å². The summed E-state index contributed by atoms with van der Waals surface area (Å²) in [6, 6.07) is 2.57. The van der Waals surface area contributed by atoms with E-state index in [1.807, 2.05) is 0 Å². The van der Waals surface area contributed by atoms with Crippen LogP contribution in [0.5, 0.6) is 5.75 Å². The molecule has 3 rings (SSSR count). The number of nitro benzene ring substituents is 1. The van der Waals surface area contributed by atoms with Crippen molar-refractivity contribution in [3.05, 3.63) is 27.3 Å². The highest BCUT2D eigenvalue weighted by molar-refractivity contribution is 6.35. The van der Waals surface area contributed by atoms with Crippen LogP contribution in [0, 0.1) is 10.1 Å². The quantitative estimate of drug-likeness (QED) is 0.576. The zero-order chi connectivity index (χ0) is 19.4. The number of hydrogen-bond acceptors (Lipinski definition) is 6. The molecule has 0 spiro atoms. The van der Waals surface area contributed by atoms with Crippen molar-refractivity contribution >= 4 is 29.1 Å². The topological polar surface area (TPSA) is 114 Å². The molecular weight excluding hydrogens is 378 g/mol. The molecule has 1 aromatic carbocycles. The zero-order valence-electron chi connectivity index (χ0n) is 14.7. The predicted octanol–water partition coefficient (Wildman–Crippen LogP) is 3.36. The molecule has 2 N–H and O–H groups in total. The van der Waals surface area contributed by atoms with Crippen molar-refractivity contribution in [3.8, 4) is 5.75 Å². The van der Waals surface area contributed by atoms with Gasteiger partial charge in [0.05, 0.1) is 18.1 Å². The minimum Gasteiger partial charge on any atom is -0.486 e. The lowest BCUT2D eigenvalue weighted by Crippen LogP contribution is -2.38. The lowest BCUT2D eigenvalue weighted by molar-refractivity contribution is -0.384. The average molecular weight is 400 g/mol. The third-order valence-electron chi connectivity index (χ3n) is 4.75. The van der Waals surface area contributed by atoms with Gasteiger partial charge in [0, 0.05) is 31.6 Å². The molecular formula is C17H22ClN3O6. The summed E-state index contributed by atoms with van der Waals surface area (Å²) in [5.74, 6) is 0.351. The van der Waals surface area contributed by atoms with E-state index in [0.717, 1.165) is 19.3 Å². The molecule has 0 aromatic heterocycles. The summed E-state index contributed by atoms with van der Waals surface area (Å²) in [7, 11) is 0. The maximum Gasteiger partial charge on any atom is 0.407 e. The fraction of sp³-hybridized carbons (Fsp3) is 0.588. The first-order valence-corrected chi connectivity index (χ1v) is 9.29. The Labute approximate surface area is 161 Å². The van der Waals surface area contributed by atoms with E-state index in [9.17, 15) is 20.0 Å². The highest BCUT2D eigenvalue weighted by atomic mass is 35.5. The Kier molecular flexibility index (Phi) is 6.22. The second-order valence-corrected chi connectivity index (χ2v) is 7.08. The Morgan fingerprint density at radius 3 is 2.89 bits per heavy atom. The molecule has 1 amide bonds. The molecule has 1 aromatic rings. The van der Waals surface area contributed by atoms with E-state index in [-0.39, 0.29) is 35.1 Å². The maximum atomic E-state index is 11.5. The second kappa shape index (κ2) is 8.62. The fourth-order valence-electron chi connectivity index (χ4n) is 3.35. The molecule has 2 atom stereocenters. The highest BCUT2D eigenvalue weighted by Crippen LogP contribution is 2.41. The van der Waals surface area contributed by atoms with Gasteiger partial charge < -0.3 is 24.8 Å². The van der Waals surface area contributed by atoms with E-state index in [4.69, 9.17) is 21.1 Å². The molecule has 2 heterocycles. The van der Waals surface area contributed by atoms with Gasteiger partial charge >= 0.3 is 6.09 Å². The van der Waals surface area contributed by atoms with Crippen molar-refractivity contribution in [3.63, 3.8) is 0 Å². The van der Waals surface area contributed by atoms with Crippen molar-refractivity contribution in [2.24, 2.45) is 0 Å². The summed E-state index contributed by atoms with van der Waals surface area (Å²) < 4.78 is 11.1. The first kappa shape index (κ1) is 19.5. The first-order chi connectivity index (χ1) is 13.0. The number of carboxylic acid groups (broad SMARTS) is 1. The normalized spacial score (nSPS) is 22.9. The molecule has 0 saturated carbocycles. The summed E-state index contributed by atoms with van der Waals surface area (Å²) in [4.78, 5) is 23.6. The van der Waals surface area contributed by atoms with Gasteiger partial charge in [-0.3, -0.25) is 10.1 Å². The van der Waals surface area contributed by atoms with Crippen LogP contribution in [0.4, 0.5) is 16.2 Å². The monoisotopic (exact) mass is 399 g/mol. The molecule has 148 valence electrons. The van der Waals surface area contributed by atoms with Crippen LogP contribution in [0.15, 0.2) is 12.1 Å². The van der Waals surface area contributed by atoms with Gasteiger partial charge in [-0.25, -0.2) is 4.79 Å². The van der Waals surface area contributed by atoms with Crippen LogP contribution in [0.25, 0.3) is 0 Å². The second-order valence-electron chi connectivity index (χ2n) is 6.70. The number of ether oxygens (including phenoxy) is 2. The van der Waals surface area contributed by atoms with E-state index in [1.165, 1.54) is 17.0 Å². The molecule has 27 heavy (non-hydrogen) atoms. The zero-order valence-corrected chi connectivity index (χ0v) is 15.5. The van der Waals surface area contributed by atoms with Crippen LogP contribution in [0.1, 0.15) is 25.7 Å². The van der Waals surface area contributed by atoms with Crippen molar-refractivity contribution in [1.29, 1.82) is 0 Å². The molecule has 0 bridgehead atoms. The number of carbonyl (C=O) groups is 1. The van der Waals surface area contributed by atoms with Gasteiger partial charge in [-0.1, -0.05) is 11.6 Å². The van der Waals surface area contributed by atoms with Gasteiger partial charge in [-0.05, 0) is 25.3 Å².